The zero-order valence-electron chi connectivity index (χ0n) is 8.58. The Morgan fingerprint density at radius 2 is 1.79 bits per heavy atom. The van der Waals surface area contributed by atoms with E-state index in [0.29, 0.717) is 0 Å². The minimum Gasteiger partial charge on any atom is -0.255 e. The van der Waals surface area contributed by atoms with Crippen molar-refractivity contribution in [2.24, 2.45) is 0 Å². The second-order valence-corrected chi connectivity index (χ2v) is 3.84. The number of nitrogens with zero attached hydrogens (tertiary/aromatic N) is 1. The summed E-state index contributed by atoms with van der Waals surface area (Å²) in [5, 5.41) is 2.34. The molecule has 76 valence electrons. The van der Waals surface area contributed by atoms with Gasteiger partial charge in [-0.2, -0.15) is 0 Å². The molecule has 0 spiro atoms. The summed E-state index contributed by atoms with van der Waals surface area (Å²) in [4.78, 5) is 0. The molecule has 0 aliphatic carbocycles. The van der Waals surface area contributed by atoms with E-state index in [-0.39, 0.29) is 0 Å². The summed E-state index contributed by atoms with van der Waals surface area (Å²) in [7, 11) is 0. The van der Waals surface area contributed by atoms with E-state index in [4.69, 9.17) is 0 Å². The van der Waals surface area contributed by atoms with Crippen LogP contribution in [0.5, 0.6) is 0 Å². The average Bonchev–Trinajstić information content (AvgIpc) is 2.72. The fraction of sp³-hybridized carbons (Fsp3) is 0.500. The second-order valence-electron chi connectivity index (χ2n) is 3.84. The summed E-state index contributed by atoms with van der Waals surface area (Å²) < 4.78 is 0. The summed E-state index contributed by atoms with van der Waals surface area (Å²) in [5.41, 5.74) is 4.88. The number of nitrogens with one attached hydrogen (secondary N) is 1. The lowest BCUT2D eigenvalue weighted by Crippen LogP contribution is -2.36. The first-order valence-electron chi connectivity index (χ1n) is 5.47. The number of hydrogen-bond donors (Lipinski definition) is 1. The highest BCUT2D eigenvalue weighted by atomic mass is 15.5. The Morgan fingerprint density at radius 3 is 2.50 bits per heavy atom. The summed E-state index contributed by atoms with van der Waals surface area (Å²) in [6.07, 6.45) is 3.81. The molecule has 0 unspecified atom stereocenters. The van der Waals surface area contributed by atoms with Crippen molar-refractivity contribution in [1.82, 2.24) is 10.4 Å². The molecular formula is C12H18N2. The van der Waals surface area contributed by atoms with Gasteiger partial charge in [0.25, 0.3) is 0 Å². The molecule has 0 radical (unpaired) electrons. The zero-order valence-corrected chi connectivity index (χ0v) is 8.58. The summed E-state index contributed by atoms with van der Waals surface area (Å²) in [6, 6.07) is 10.6. The maximum Gasteiger partial charge on any atom is 0.0143 e. The number of benzene rings is 1. The van der Waals surface area contributed by atoms with Gasteiger partial charge >= 0.3 is 0 Å². The van der Waals surface area contributed by atoms with Crippen LogP contribution in [0.15, 0.2) is 30.3 Å². The van der Waals surface area contributed by atoms with Gasteiger partial charge in [-0.05, 0) is 24.8 Å². The first-order chi connectivity index (χ1) is 6.95. The van der Waals surface area contributed by atoms with E-state index in [2.05, 4.69) is 40.8 Å². The molecule has 1 aromatic carbocycles. The molecule has 0 saturated carbocycles. The largest absolute Gasteiger partial charge is 0.255 e. The second kappa shape index (κ2) is 5.13. The van der Waals surface area contributed by atoms with Crippen LogP contribution < -0.4 is 5.43 Å². The van der Waals surface area contributed by atoms with Gasteiger partial charge in [-0.15, -0.1) is 0 Å². The molecular weight excluding hydrogens is 172 g/mol. The van der Waals surface area contributed by atoms with E-state index in [9.17, 15) is 0 Å². The summed E-state index contributed by atoms with van der Waals surface area (Å²) in [5.74, 6) is 0. The lowest BCUT2D eigenvalue weighted by molar-refractivity contribution is 0.238. The Bertz CT molecular complexity index is 252. The molecule has 1 N–H and O–H groups in total. The van der Waals surface area contributed by atoms with Crippen molar-refractivity contribution in [3.8, 4) is 0 Å². The van der Waals surface area contributed by atoms with Gasteiger partial charge in [-0.3, -0.25) is 5.43 Å². The predicted octanol–water partition coefficient (Wildman–Crippen LogP) is 1.83. The first-order valence-corrected chi connectivity index (χ1v) is 5.47. The predicted molar refractivity (Wildman–Crippen MR) is 59.0 cm³/mol. The minimum absolute atomic E-state index is 1.06. The van der Waals surface area contributed by atoms with Gasteiger partial charge in [0, 0.05) is 19.6 Å². The molecule has 2 nitrogen and oxygen atoms in total. The molecule has 1 aliphatic heterocycles. The first kappa shape index (κ1) is 9.69. The van der Waals surface area contributed by atoms with Crippen molar-refractivity contribution < 1.29 is 0 Å². The third kappa shape index (κ3) is 2.82. The SMILES string of the molecule is c1ccc(CCNN2CCCC2)cc1. The van der Waals surface area contributed by atoms with Gasteiger partial charge < -0.3 is 0 Å². The number of rotatable bonds is 4. The quantitative estimate of drug-likeness (QED) is 0.779. The zero-order chi connectivity index (χ0) is 9.64. The van der Waals surface area contributed by atoms with Crippen LogP contribution in [0.1, 0.15) is 18.4 Å². The van der Waals surface area contributed by atoms with Crippen LogP contribution in [0.3, 0.4) is 0 Å². The topological polar surface area (TPSA) is 15.3 Å². The molecule has 1 aliphatic rings. The van der Waals surface area contributed by atoms with Crippen molar-refractivity contribution in [2.45, 2.75) is 19.3 Å². The van der Waals surface area contributed by atoms with Crippen molar-refractivity contribution in [2.75, 3.05) is 19.6 Å². The highest BCUT2D eigenvalue weighted by Gasteiger charge is 2.09. The highest BCUT2D eigenvalue weighted by molar-refractivity contribution is 5.14. The van der Waals surface area contributed by atoms with Crippen molar-refractivity contribution in [3.63, 3.8) is 0 Å². The maximum absolute atomic E-state index is 3.46. The van der Waals surface area contributed by atoms with E-state index < -0.39 is 0 Å². The van der Waals surface area contributed by atoms with Crippen molar-refractivity contribution in [1.29, 1.82) is 0 Å². The van der Waals surface area contributed by atoms with Gasteiger partial charge in [-0.1, -0.05) is 30.3 Å². The van der Waals surface area contributed by atoms with Crippen LogP contribution in [-0.2, 0) is 6.42 Å². The monoisotopic (exact) mass is 190 g/mol. The van der Waals surface area contributed by atoms with Crippen LogP contribution in [0.4, 0.5) is 0 Å². The lowest BCUT2D eigenvalue weighted by atomic mass is 10.2. The molecule has 1 aromatic rings. The molecule has 0 amide bonds. The smallest absolute Gasteiger partial charge is 0.0143 e. The summed E-state index contributed by atoms with van der Waals surface area (Å²) in [6.45, 7) is 3.49. The number of hydrazine groups is 1. The Kier molecular flexibility index (Phi) is 3.55. The van der Waals surface area contributed by atoms with Gasteiger partial charge in [-0.25, -0.2) is 5.01 Å². The molecule has 1 saturated heterocycles. The average molecular weight is 190 g/mol. The van der Waals surface area contributed by atoms with E-state index >= 15 is 0 Å². The van der Waals surface area contributed by atoms with Crippen molar-refractivity contribution >= 4 is 0 Å². The lowest BCUT2D eigenvalue weighted by Gasteiger charge is -2.15. The fourth-order valence-electron chi connectivity index (χ4n) is 1.88. The van der Waals surface area contributed by atoms with E-state index in [1.54, 1.807) is 0 Å². The van der Waals surface area contributed by atoms with Crippen molar-refractivity contribution in [3.05, 3.63) is 35.9 Å². The minimum atomic E-state index is 1.06. The summed E-state index contributed by atoms with van der Waals surface area (Å²) >= 11 is 0. The molecule has 1 heterocycles. The van der Waals surface area contributed by atoms with Gasteiger partial charge in [0.2, 0.25) is 0 Å². The number of hydrogen-bond acceptors (Lipinski definition) is 2. The van der Waals surface area contributed by atoms with Crippen LogP contribution in [0.2, 0.25) is 0 Å². The van der Waals surface area contributed by atoms with E-state index in [0.717, 1.165) is 13.0 Å². The Labute approximate surface area is 85.9 Å². The molecule has 0 aromatic heterocycles. The normalized spacial score (nSPS) is 17.4. The van der Waals surface area contributed by atoms with Gasteiger partial charge in [0.1, 0.15) is 0 Å². The molecule has 14 heavy (non-hydrogen) atoms. The molecule has 2 heteroatoms. The third-order valence-electron chi connectivity index (χ3n) is 2.70. The Balaban J connectivity index is 1.67. The van der Waals surface area contributed by atoms with Gasteiger partial charge in [0.05, 0.1) is 0 Å². The van der Waals surface area contributed by atoms with Gasteiger partial charge in [0.15, 0.2) is 0 Å². The van der Waals surface area contributed by atoms with E-state index in [1.807, 2.05) is 0 Å². The molecule has 0 atom stereocenters. The van der Waals surface area contributed by atoms with Crippen LogP contribution in [0, 0.1) is 0 Å². The molecule has 2 rings (SSSR count). The fourth-order valence-corrected chi connectivity index (χ4v) is 1.88. The van der Waals surface area contributed by atoms with Crippen LogP contribution in [0.25, 0.3) is 0 Å². The Morgan fingerprint density at radius 1 is 1.07 bits per heavy atom. The molecule has 0 bridgehead atoms. The maximum atomic E-state index is 3.46. The van der Waals surface area contributed by atoms with Crippen LogP contribution >= 0.6 is 0 Å². The standard InChI is InChI=1S/C12H18N2/c1-2-6-12(7-3-1)8-9-13-14-10-4-5-11-14/h1-3,6-7,13H,4-5,8-11H2. The Hall–Kier alpha value is -0.860. The van der Waals surface area contributed by atoms with Crippen LogP contribution in [-0.4, -0.2) is 24.6 Å². The van der Waals surface area contributed by atoms with E-state index in [1.165, 1.54) is 31.5 Å². The highest BCUT2D eigenvalue weighted by Crippen LogP contribution is 2.04. The third-order valence-corrected chi connectivity index (χ3v) is 2.70. The molecule has 1 fully saturated rings.